The third-order valence-electron chi connectivity index (χ3n) is 11.7. The number of fused-ring (bicyclic) bond motifs is 6. The lowest BCUT2D eigenvalue weighted by molar-refractivity contribution is 0.660. The summed E-state index contributed by atoms with van der Waals surface area (Å²) in [6.07, 6.45) is 12.5. The second-order valence-electron chi connectivity index (χ2n) is 15.6. The van der Waals surface area contributed by atoms with Gasteiger partial charge in [-0.2, -0.15) is 0 Å². The maximum atomic E-state index is 2.61. The van der Waals surface area contributed by atoms with Crippen LogP contribution in [0.1, 0.15) is 126 Å². The van der Waals surface area contributed by atoms with Crippen LogP contribution in [0.25, 0.3) is 44.5 Å². The zero-order valence-corrected chi connectivity index (χ0v) is 30.3. The quantitative estimate of drug-likeness (QED) is 0.120. The van der Waals surface area contributed by atoms with Gasteiger partial charge in [0, 0.05) is 10.8 Å². The number of benzene rings is 5. The van der Waals surface area contributed by atoms with Gasteiger partial charge in [0.25, 0.3) is 0 Å². The average Bonchev–Trinajstić information content (AvgIpc) is 3.48. The lowest BCUT2D eigenvalue weighted by Gasteiger charge is -2.24. The molecule has 0 heterocycles. The predicted molar refractivity (Wildman–Crippen MR) is 208 cm³/mol. The van der Waals surface area contributed by atoms with Crippen LogP contribution in [-0.4, -0.2) is 0 Å². The Labute approximate surface area is 290 Å². The third-order valence-corrected chi connectivity index (χ3v) is 11.7. The Bertz CT molecular complexity index is 1810. The van der Waals surface area contributed by atoms with E-state index < -0.39 is 0 Å². The van der Waals surface area contributed by atoms with Crippen molar-refractivity contribution < 1.29 is 0 Å². The minimum atomic E-state index is 0.000939. The van der Waals surface area contributed by atoms with E-state index in [2.05, 4.69) is 139 Å². The summed E-state index contributed by atoms with van der Waals surface area (Å²) in [7, 11) is 0. The summed E-state index contributed by atoms with van der Waals surface area (Å²) in [5.41, 5.74) is 20.1. The van der Waals surface area contributed by atoms with Crippen molar-refractivity contribution in [2.45, 2.75) is 117 Å². The third kappa shape index (κ3) is 5.66. The number of rotatable bonds is 12. The fraction of sp³-hybridized carbons (Fsp3) is 0.375. The van der Waals surface area contributed by atoms with Gasteiger partial charge in [0.05, 0.1) is 0 Å². The van der Waals surface area contributed by atoms with E-state index in [0.717, 1.165) is 12.8 Å². The first-order valence-corrected chi connectivity index (χ1v) is 18.9. The summed E-state index contributed by atoms with van der Waals surface area (Å²) in [6.45, 7) is 14.3. The molecule has 0 bridgehead atoms. The molecule has 246 valence electrons. The summed E-state index contributed by atoms with van der Waals surface area (Å²) < 4.78 is 0. The van der Waals surface area contributed by atoms with Crippen molar-refractivity contribution in [1.29, 1.82) is 0 Å². The van der Waals surface area contributed by atoms with Gasteiger partial charge in [-0.25, -0.2) is 0 Å². The zero-order chi connectivity index (χ0) is 33.5. The van der Waals surface area contributed by atoms with Gasteiger partial charge in [-0.1, -0.05) is 165 Å². The van der Waals surface area contributed by atoms with Gasteiger partial charge < -0.3 is 0 Å². The Kier molecular flexibility index (Phi) is 8.97. The Morgan fingerprint density at radius 2 is 0.771 bits per heavy atom. The molecule has 5 aromatic rings. The van der Waals surface area contributed by atoms with E-state index in [1.165, 1.54) is 129 Å². The van der Waals surface area contributed by atoms with Crippen molar-refractivity contribution in [3.05, 3.63) is 130 Å². The van der Waals surface area contributed by atoms with Crippen LogP contribution in [-0.2, 0) is 23.7 Å². The summed E-state index contributed by atoms with van der Waals surface area (Å²) in [4.78, 5) is 0. The summed E-state index contributed by atoms with van der Waals surface area (Å²) in [5, 5.41) is 0. The molecule has 2 aliphatic carbocycles. The van der Waals surface area contributed by atoms with E-state index in [4.69, 9.17) is 0 Å². The van der Waals surface area contributed by atoms with E-state index in [-0.39, 0.29) is 10.8 Å². The van der Waals surface area contributed by atoms with Crippen molar-refractivity contribution in [3.63, 3.8) is 0 Å². The summed E-state index contributed by atoms with van der Waals surface area (Å²) in [6, 6.07) is 38.0. The SMILES string of the molecule is CCCCCCc1cc(-c2ccc3c(c2)C(C)(C)c2ccccc2-3)c(CCCCCC)cc1-c1ccc2c(c1)C(C)(C)c1ccccc1-2. The van der Waals surface area contributed by atoms with E-state index in [9.17, 15) is 0 Å². The van der Waals surface area contributed by atoms with Gasteiger partial charge in [-0.15, -0.1) is 0 Å². The van der Waals surface area contributed by atoms with Crippen LogP contribution in [0.4, 0.5) is 0 Å². The molecular weight excluding hydrogens is 577 g/mol. The predicted octanol–water partition coefficient (Wildman–Crippen LogP) is 13.9. The van der Waals surface area contributed by atoms with E-state index in [0.29, 0.717) is 0 Å². The van der Waals surface area contributed by atoms with E-state index >= 15 is 0 Å². The average molecular weight is 631 g/mol. The first-order chi connectivity index (χ1) is 23.3. The Hall–Kier alpha value is -3.90. The molecule has 0 fully saturated rings. The molecule has 0 radical (unpaired) electrons. The van der Waals surface area contributed by atoms with Gasteiger partial charge in [-0.05, 0) is 116 Å². The minimum absolute atomic E-state index is 0.000939. The molecule has 0 amide bonds. The second-order valence-corrected chi connectivity index (χ2v) is 15.6. The van der Waals surface area contributed by atoms with E-state index in [1.807, 2.05) is 0 Å². The summed E-state index contributed by atoms with van der Waals surface area (Å²) >= 11 is 0. The Balaban J connectivity index is 1.36. The Morgan fingerprint density at radius 1 is 0.375 bits per heavy atom. The van der Waals surface area contributed by atoms with Gasteiger partial charge in [-0.3, -0.25) is 0 Å². The fourth-order valence-corrected chi connectivity index (χ4v) is 8.87. The minimum Gasteiger partial charge on any atom is -0.0654 e. The molecule has 0 saturated carbocycles. The van der Waals surface area contributed by atoms with Crippen LogP contribution in [0.5, 0.6) is 0 Å². The van der Waals surface area contributed by atoms with Crippen LogP contribution in [0.15, 0.2) is 97.1 Å². The topological polar surface area (TPSA) is 0 Å². The highest BCUT2D eigenvalue weighted by Crippen LogP contribution is 2.51. The lowest BCUT2D eigenvalue weighted by Crippen LogP contribution is -2.15. The first-order valence-electron chi connectivity index (χ1n) is 18.9. The van der Waals surface area contributed by atoms with Crippen molar-refractivity contribution >= 4 is 0 Å². The van der Waals surface area contributed by atoms with Gasteiger partial charge >= 0.3 is 0 Å². The molecule has 0 atom stereocenters. The maximum Gasteiger partial charge on any atom is 0.0159 e. The molecule has 48 heavy (non-hydrogen) atoms. The second kappa shape index (κ2) is 13.2. The molecule has 5 aromatic carbocycles. The molecule has 2 aliphatic rings. The summed E-state index contributed by atoms with van der Waals surface area (Å²) in [5.74, 6) is 0. The van der Waals surface area contributed by atoms with Crippen molar-refractivity contribution in [2.24, 2.45) is 0 Å². The van der Waals surface area contributed by atoms with Crippen LogP contribution in [0.2, 0.25) is 0 Å². The van der Waals surface area contributed by atoms with Gasteiger partial charge in [0.1, 0.15) is 0 Å². The number of hydrogen-bond donors (Lipinski definition) is 0. The van der Waals surface area contributed by atoms with Gasteiger partial charge in [0.2, 0.25) is 0 Å². The zero-order valence-electron chi connectivity index (χ0n) is 30.3. The highest BCUT2D eigenvalue weighted by Gasteiger charge is 2.36. The molecule has 0 N–H and O–H groups in total. The van der Waals surface area contributed by atoms with Gasteiger partial charge in [0.15, 0.2) is 0 Å². The molecule has 0 unspecified atom stereocenters. The smallest absolute Gasteiger partial charge is 0.0159 e. The van der Waals surface area contributed by atoms with Crippen LogP contribution in [0.3, 0.4) is 0 Å². The molecule has 0 nitrogen and oxygen atoms in total. The number of aryl methyl sites for hydroxylation is 2. The monoisotopic (exact) mass is 630 g/mol. The standard InChI is InChI=1S/C48H54/c1-7-9-11-13-19-33-29-42(36-26-28-40-38-22-16-18-24-44(38)48(5,6)46(40)32-36)34(20-14-12-10-8-2)30-41(33)35-25-27-39-37-21-15-17-23-43(37)47(3,4)45(39)31-35/h15-18,21-32H,7-14,19-20H2,1-6H3. The van der Waals surface area contributed by atoms with Crippen molar-refractivity contribution in [1.82, 2.24) is 0 Å². The lowest BCUT2D eigenvalue weighted by atomic mass is 9.80. The number of hydrogen-bond acceptors (Lipinski definition) is 0. The van der Waals surface area contributed by atoms with Crippen molar-refractivity contribution in [3.8, 4) is 44.5 Å². The molecule has 0 spiro atoms. The molecule has 0 aromatic heterocycles. The maximum absolute atomic E-state index is 2.61. The molecule has 7 rings (SSSR count). The van der Waals surface area contributed by atoms with Crippen LogP contribution in [0, 0.1) is 0 Å². The van der Waals surface area contributed by atoms with Crippen LogP contribution < -0.4 is 0 Å². The van der Waals surface area contributed by atoms with E-state index in [1.54, 1.807) is 0 Å². The molecule has 0 heteroatoms. The highest BCUT2D eigenvalue weighted by molar-refractivity contribution is 5.87. The normalized spacial score (nSPS) is 14.8. The van der Waals surface area contributed by atoms with Crippen LogP contribution >= 0.6 is 0 Å². The fourth-order valence-electron chi connectivity index (χ4n) is 8.87. The molecular formula is C48H54. The highest BCUT2D eigenvalue weighted by atomic mass is 14.4. The molecule has 0 saturated heterocycles. The number of unbranched alkanes of at least 4 members (excludes halogenated alkanes) is 6. The largest absolute Gasteiger partial charge is 0.0654 e. The van der Waals surface area contributed by atoms with Crippen molar-refractivity contribution in [2.75, 3.05) is 0 Å². The molecule has 0 aliphatic heterocycles. The first kappa shape index (κ1) is 32.6. The Morgan fingerprint density at radius 3 is 1.19 bits per heavy atom.